The SMILES string of the molecule is CC(C)NC(=O)c1cccc(-c2noc(CNC(=O)c3ccco3)n2)c1. The van der Waals surface area contributed by atoms with Crippen LogP contribution in [0.2, 0.25) is 0 Å². The first kappa shape index (κ1) is 17.4. The summed E-state index contributed by atoms with van der Waals surface area (Å²) in [5, 5.41) is 9.35. The number of carbonyl (C=O) groups is 2. The van der Waals surface area contributed by atoms with Crippen molar-refractivity contribution in [2.24, 2.45) is 0 Å². The summed E-state index contributed by atoms with van der Waals surface area (Å²) in [6.45, 7) is 3.86. The summed E-state index contributed by atoms with van der Waals surface area (Å²) in [6, 6.07) is 10.2. The molecule has 0 saturated heterocycles. The lowest BCUT2D eigenvalue weighted by atomic mass is 10.1. The lowest BCUT2D eigenvalue weighted by Gasteiger charge is -2.08. The number of hydrogen-bond donors (Lipinski definition) is 2. The predicted octanol–water partition coefficient (Wildman–Crippen LogP) is 2.40. The number of nitrogens with one attached hydrogen (secondary N) is 2. The van der Waals surface area contributed by atoms with Crippen molar-refractivity contribution in [2.45, 2.75) is 26.4 Å². The summed E-state index contributed by atoms with van der Waals surface area (Å²) in [6.07, 6.45) is 1.42. The summed E-state index contributed by atoms with van der Waals surface area (Å²) >= 11 is 0. The maximum absolute atomic E-state index is 12.1. The van der Waals surface area contributed by atoms with Crippen LogP contribution in [0.4, 0.5) is 0 Å². The van der Waals surface area contributed by atoms with Gasteiger partial charge in [0.2, 0.25) is 11.7 Å². The van der Waals surface area contributed by atoms with Crippen molar-refractivity contribution in [3.63, 3.8) is 0 Å². The molecule has 1 aromatic carbocycles. The van der Waals surface area contributed by atoms with Crippen LogP contribution in [0.3, 0.4) is 0 Å². The van der Waals surface area contributed by atoms with Crippen molar-refractivity contribution in [1.82, 2.24) is 20.8 Å². The van der Waals surface area contributed by atoms with Gasteiger partial charge in [0, 0.05) is 17.2 Å². The minimum absolute atomic E-state index is 0.0423. The first-order valence-corrected chi connectivity index (χ1v) is 8.08. The fraction of sp³-hybridized carbons (Fsp3) is 0.222. The Morgan fingerprint density at radius 3 is 2.73 bits per heavy atom. The highest BCUT2D eigenvalue weighted by Crippen LogP contribution is 2.17. The Bertz CT molecular complexity index is 900. The Hall–Kier alpha value is -3.42. The molecule has 0 bridgehead atoms. The van der Waals surface area contributed by atoms with Gasteiger partial charge in [0.1, 0.15) is 0 Å². The predicted molar refractivity (Wildman–Crippen MR) is 92.2 cm³/mol. The maximum atomic E-state index is 12.1. The Balaban J connectivity index is 1.67. The van der Waals surface area contributed by atoms with E-state index in [1.54, 1.807) is 36.4 Å². The summed E-state index contributed by atoms with van der Waals surface area (Å²) in [5.74, 6) is 0.246. The number of aromatic nitrogens is 2. The molecule has 0 radical (unpaired) electrons. The van der Waals surface area contributed by atoms with Crippen LogP contribution < -0.4 is 10.6 Å². The summed E-state index contributed by atoms with van der Waals surface area (Å²) < 4.78 is 10.1. The molecule has 0 atom stereocenters. The van der Waals surface area contributed by atoms with Crippen LogP contribution in [0.15, 0.2) is 51.6 Å². The van der Waals surface area contributed by atoms with Gasteiger partial charge >= 0.3 is 0 Å². The van der Waals surface area contributed by atoms with Crippen molar-refractivity contribution >= 4 is 11.8 Å². The molecule has 8 nitrogen and oxygen atoms in total. The Labute approximate surface area is 149 Å². The molecule has 26 heavy (non-hydrogen) atoms. The zero-order chi connectivity index (χ0) is 18.5. The highest BCUT2D eigenvalue weighted by atomic mass is 16.5. The van der Waals surface area contributed by atoms with Crippen molar-refractivity contribution in [3.8, 4) is 11.4 Å². The van der Waals surface area contributed by atoms with Crippen LogP contribution in [0.1, 0.15) is 40.7 Å². The van der Waals surface area contributed by atoms with Gasteiger partial charge in [0.15, 0.2) is 5.76 Å². The third kappa shape index (κ3) is 4.15. The van der Waals surface area contributed by atoms with Gasteiger partial charge in [-0.3, -0.25) is 9.59 Å². The van der Waals surface area contributed by atoms with E-state index in [0.29, 0.717) is 17.0 Å². The minimum atomic E-state index is -0.373. The van der Waals surface area contributed by atoms with E-state index in [2.05, 4.69) is 20.8 Å². The van der Waals surface area contributed by atoms with Crippen molar-refractivity contribution in [1.29, 1.82) is 0 Å². The molecule has 134 valence electrons. The molecule has 0 aliphatic rings. The standard InChI is InChI=1S/C18H18N4O4/c1-11(2)20-17(23)13-6-3-5-12(9-13)16-21-15(26-22-16)10-19-18(24)14-7-4-8-25-14/h3-9,11H,10H2,1-2H3,(H,19,24)(H,20,23). The molecule has 8 heteroatoms. The van der Waals surface area contributed by atoms with E-state index in [-0.39, 0.29) is 36.1 Å². The molecule has 2 N–H and O–H groups in total. The van der Waals surface area contributed by atoms with E-state index in [1.165, 1.54) is 6.26 Å². The summed E-state index contributed by atoms with van der Waals surface area (Å²) in [4.78, 5) is 28.2. The van der Waals surface area contributed by atoms with E-state index in [9.17, 15) is 9.59 Å². The highest BCUT2D eigenvalue weighted by molar-refractivity contribution is 5.95. The van der Waals surface area contributed by atoms with Gasteiger partial charge in [0.05, 0.1) is 12.8 Å². The van der Waals surface area contributed by atoms with Crippen LogP contribution in [0, 0.1) is 0 Å². The lowest BCUT2D eigenvalue weighted by molar-refractivity contribution is 0.0916. The molecule has 0 aliphatic carbocycles. The van der Waals surface area contributed by atoms with Gasteiger partial charge in [-0.1, -0.05) is 17.3 Å². The molecule has 2 amide bonds. The largest absolute Gasteiger partial charge is 0.459 e. The second-order valence-electron chi connectivity index (χ2n) is 5.88. The molecular weight excluding hydrogens is 336 g/mol. The van der Waals surface area contributed by atoms with Gasteiger partial charge in [-0.25, -0.2) is 0 Å². The minimum Gasteiger partial charge on any atom is -0.459 e. The number of carbonyl (C=O) groups excluding carboxylic acids is 2. The number of rotatable bonds is 6. The zero-order valence-electron chi connectivity index (χ0n) is 14.4. The zero-order valence-corrected chi connectivity index (χ0v) is 14.4. The van der Waals surface area contributed by atoms with Crippen LogP contribution in [-0.4, -0.2) is 28.0 Å². The van der Waals surface area contributed by atoms with Crippen molar-refractivity contribution in [2.75, 3.05) is 0 Å². The molecule has 0 aliphatic heterocycles. The van der Waals surface area contributed by atoms with E-state index in [4.69, 9.17) is 8.94 Å². The van der Waals surface area contributed by atoms with Crippen LogP contribution in [0.25, 0.3) is 11.4 Å². The number of benzene rings is 1. The molecule has 0 spiro atoms. The molecule has 3 rings (SSSR count). The smallest absolute Gasteiger partial charge is 0.287 e. The Morgan fingerprint density at radius 2 is 2.00 bits per heavy atom. The monoisotopic (exact) mass is 354 g/mol. The Morgan fingerprint density at radius 1 is 1.15 bits per heavy atom. The molecule has 3 aromatic rings. The number of furan rings is 1. The molecule has 2 heterocycles. The van der Waals surface area contributed by atoms with E-state index < -0.39 is 0 Å². The number of nitrogens with zero attached hydrogens (tertiary/aromatic N) is 2. The quantitative estimate of drug-likeness (QED) is 0.703. The van der Waals surface area contributed by atoms with Crippen LogP contribution in [0.5, 0.6) is 0 Å². The van der Waals surface area contributed by atoms with Gasteiger partial charge in [-0.2, -0.15) is 4.98 Å². The van der Waals surface area contributed by atoms with E-state index in [0.717, 1.165) is 0 Å². The molecule has 0 unspecified atom stereocenters. The molecule has 2 aromatic heterocycles. The van der Waals surface area contributed by atoms with E-state index in [1.807, 2.05) is 13.8 Å². The second kappa shape index (κ2) is 7.64. The first-order chi connectivity index (χ1) is 12.5. The molecule has 0 fully saturated rings. The highest BCUT2D eigenvalue weighted by Gasteiger charge is 2.14. The third-order valence-corrected chi connectivity index (χ3v) is 3.42. The average Bonchev–Trinajstić information content (AvgIpc) is 3.31. The number of amides is 2. The lowest BCUT2D eigenvalue weighted by Crippen LogP contribution is -2.30. The second-order valence-corrected chi connectivity index (χ2v) is 5.88. The van der Waals surface area contributed by atoms with Gasteiger partial charge in [0.25, 0.3) is 11.8 Å². The van der Waals surface area contributed by atoms with E-state index >= 15 is 0 Å². The summed E-state index contributed by atoms with van der Waals surface area (Å²) in [7, 11) is 0. The molecule has 0 saturated carbocycles. The van der Waals surface area contributed by atoms with Crippen molar-refractivity contribution < 1.29 is 18.5 Å². The average molecular weight is 354 g/mol. The van der Waals surface area contributed by atoms with Gasteiger partial charge < -0.3 is 19.6 Å². The molecular formula is C18H18N4O4. The summed E-state index contributed by atoms with van der Waals surface area (Å²) in [5.41, 5.74) is 1.16. The normalized spacial score (nSPS) is 10.7. The fourth-order valence-corrected chi connectivity index (χ4v) is 2.24. The fourth-order valence-electron chi connectivity index (χ4n) is 2.24. The Kier molecular flexibility index (Phi) is 5.12. The van der Waals surface area contributed by atoms with Gasteiger partial charge in [-0.05, 0) is 38.1 Å². The van der Waals surface area contributed by atoms with Crippen molar-refractivity contribution in [3.05, 3.63) is 59.9 Å². The van der Waals surface area contributed by atoms with Crippen LogP contribution in [-0.2, 0) is 6.54 Å². The first-order valence-electron chi connectivity index (χ1n) is 8.08. The topological polar surface area (TPSA) is 110 Å². The maximum Gasteiger partial charge on any atom is 0.287 e. The third-order valence-electron chi connectivity index (χ3n) is 3.42. The van der Waals surface area contributed by atoms with Crippen LogP contribution >= 0.6 is 0 Å². The number of hydrogen-bond acceptors (Lipinski definition) is 6. The van der Waals surface area contributed by atoms with Gasteiger partial charge in [-0.15, -0.1) is 0 Å².